The first-order chi connectivity index (χ1) is 13.1. The fraction of sp³-hybridized carbons (Fsp3) is 0.0500. The number of aromatic nitrogens is 1. The second-order valence-electron chi connectivity index (χ2n) is 5.60. The molecule has 1 heterocycles. The number of hydrogen-bond acceptors (Lipinski definition) is 5. The van der Waals surface area contributed by atoms with Crippen molar-refractivity contribution in [3.63, 3.8) is 0 Å². The molecule has 0 saturated carbocycles. The average Bonchev–Trinajstić information content (AvgIpc) is 2.70. The zero-order valence-corrected chi connectivity index (χ0v) is 15.1. The van der Waals surface area contributed by atoms with Gasteiger partial charge in [0, 0.05) is 29.1 Å². The Morgan fingerprint density at radius 1 is 1.15 bits per heavy atom. The van der Waals surface area contributed by atoms with Crippen LogP contribution in [0.1, 0.15) is 15.9 Å². The number of rotatable bonds is 5. The van der Waals surface area contributed by atoms with Gasteiger partial charge in [0.25, 0.3) is 5.91 Å². The number of carbonyl (C=O) groups excluding carboxylic acids is 1. The van der Waals surface area contributed by atoms with E-state index in [0.29, 0.717) is 5.56 Å². The SMILES string of the molecule is COc1ccc(-c2cncc(C=NNC(=O)c3ccc(O)c(Cl)c3)c2)cc1. The van der Waals surface area contributed by atoms with Crippen LogP contribution in [0.15, 0.2) is 66.0 Å². The maximum atomic E-state index is 12.1. The molecule has 0 atom stereocenters. The summed E-state index contributed by atoms with van der Waals surface area (Å²) in [5, 5.41) is 13.4. The van der Waals surface area contributed by atoms with Crippen LogP contribution in [-0.2, 0) is 0 Å². The molecule has 3 aromatic rings. The molecule has 6 nitrogen and oxygen atoms in total. The first-order valence-electron chi connectivity index (χ1n) is 7.98. The zero-order chi connectivity index (χ0) is 19.2. The summed E-state index contributed by atoms with van der Waals surface area (Å²) in [6.07, 6.45) is 4.89. The minimum Gasteiger partial charge on any atom is -0.506 e. The predicted octanol–water partition coefficient (Wildman–Crippen LogP) is 3.88. The van der Waals surface area contributed by atoms with E-state index in [-0.39, 0.29) is 10.8 Å². The Balaban J connectivity index is 1.69. The van der Waals surface area contributed by atoms with Crippen molar-refractivity contribution in [2.24, 2.45) is 5.10 Å². The molecule has 0 fully saturated rings. The molecule has 3 rings (SSSR count). The highest BCUT2D eigenvalue weighted by Gasteiger charge is 2.07. The number of phenolic OH excluding ortho intramolecular Hbond substituents is 1. The zero-order valence-electron chi connectivity index (χ0n) is 14.4. The standard InChI is InChI=1S/C20H16ClN3O3/c1-27-17-5-2-14(3-6-17)16-8-13(10-22-12-16)11-23-24-20(26)15-4-7-19(25)18(21)9-15/h2-12,25H,1H3,(H,24,26). The van der Waals surface area contributed by atoms with Crippen molar-refractivity contribution in [3.8, 4) is 22.6 Å². The van der Waals surface area contributed by atoms with Crippen molar-refractivity contribution in [1.82, 2.24) is 10.4 Å². The molecule has 0 saturated heterocycles. The summed E-state index contributed by atoms with van der Waals surface area (Å²) in [4.78, 5) is 16.3. The van der Waals surface area contributed by atoms with Gasteiger partial charge in [-0.2, -0.15) is 5.10 Å². The molecule has 1 aromatic heterocycles. The van der Waals surface area contributed by atoms with Crippen LogP contribution in [0.4, 0.5) is 0 Å². The second-order valence-corrected chi connectivity index (χ2v) is 6.01. The van der Waals surface area contributed by atoms with Gasteiger partial charge in [-0.1, -0.05) is 23.7 Å². The highest BCUT2D eigenvalue weighted by atomic mass is 35.5. The van der Waals surface area contributed by atoms with Crippen LogP contribution in [0, 0.1) is 0 Å². The Hall–Kier alpha value is -3.38. The molecule has 1 amide bonds. The number of halogens is 1. The number of carbonyl (C=O) groups is 1. The largest absolute Gasteiger partial charge is 0.506 e. The number of pyridine rings is 1. The number of ether oxygens (including phenoxy) is 1. The number of methoxy groups -OCH3 is 1. The van der Waals surface area contributed by atoms with Gasteiger partial charge in [-0.25, -0.2) is 5.43 Å². The van der Waals surface area contributed by atoms with Gasteiger partial charge in [0.1, 0.15) is 11.5 Å². The number of nitrogens with zero attached hydrogens (tertiary/aromatic N) is 2. The molecule has 7 heteroatoms. The van der Waals surface area contributed by atoms with Crippen molar-refractivity contribution in [2.75, 3.05) is 7.11 Å². The van der Waals surface area contributed by atoms with Crippen molar-refractivity contribution >= 4 is 23.7 Å². The third-order valence-electron chi connectivity index (χ3n) is 3.77. The Morgan fingerprint density at radius 3 is 2.63 bits per heavy atom. The Bertz CT molecular complexity index is 988. The number of nitrogens with one attached hydrogen (secondary N) is 1. The quantitative estimate of drug-likeness (QED) is 0.519. The number of phenols is 1. The molecule has 0 unspecified atom stereocenters. The van der Waals surface area contributed by atoms with E-state index in [9.17, 15) is 9.90 Å². The van der Waals surface area contributed by atoms with E-state index in [1.54, 1.807) is 19.5 Å². The van der Waals surface area contributed by atoms with E-state index in [1.807, 2.05) is 30.3 Å². The summed E-state index contributed by atoms with van der Waals surface area (Å²) >= 11 is 5.80. The summed E-state index contributed by atoms with van der Waals surface area (Å²) in [6, 6.07) is 13.7. The van der Waals surface area contributed by atoms with E-state index in [2.05, 4.69) is 15.5 Å². The van der Waals surface area contributed by atoms with E-state index in [0.717, 1.165) is 22.4 Å². The second kappa shape index (κ2) is 8.33. The van der Waals surface area contributed by atoms with Gasteiger partial charge < -0.3 is 9.84 Å². The Kier molecular flexibility index (Phi) is 5.68. The lowest BCUT2D eigenvalue weighted by atomic mass is 10.1. The van der Waals surface area contributed by atoms with Crippen LogP contribution >= 0.6 is 11.6 Å². The minimum atomic E-state index is -0.438. The molecule has 0 aliphatic rings. The molecule has 0 spiro atoms. The summed E-state index contributed by atoms with van der Waals surface area (Å²) in [6.45, 7) is 0. The number of amides is 1. The lowest BCUT2D eigenvalue weighted by Crippen LogP contribution is -2.17. The summed E-state index contributed by atoms with van der Waals surface area (Å²) in [5.41, 5.74) is 5.34. The third kappa shape index (κ3) is 4.62. The highest BCUT2D eigenvalue weighted by molar-refractivity contribution is 6.32. The molecule has 0 radical (unpaired) electrons. The van der Waals surface area contributed by atoms with Crippen LogP contribution in [0.2, 0.25) is 5.02 Å². The van der Waals surface area contributed by atoms with Crippen LogP contribution in [0.5, 0.6) is 11.5 Å². The van der Waals surface area contributed by atoms with Crippen molar-refractivity contribution in [1.29, 1.82) is 0 Å². The highest BCUT2D eigenvalue weighted by Crippen LogP contribution is 2.24. The number of aromatic hydroxyl groups is 1. The molecule has 0 aliphatic carbocycles. The number of benzene rings is 2. The van der Waals surface area contributed by atoms with Gasteiger partial charge in [-0.15, -0.1) is 0 Å². The smallest absolute Gasteiger partial charge is 0.271 e. The molecule has 2 aromatic carbocycles. The van der Waals surface area contributed by atoms with Gasteiger partial charge in [0.05, 0.1) is 18.3 Å². The monoisotopic (exact) mass is 381 g/mol. The van der Waals surface area contributed by atoms with E-state index in [1.165, 1.54) is 24.4 Å². The summed E-state index contributed by atoms with van der Waals surface area (Å²) in [7, 11) is 1.62. The predicted molar refractivity (Wildman–Crippen MR) is 104 cm³/mol. The molecule has 0 bridgehead atoms. The van der Waals surface area contributed by atoms with Gasteiger partial charge >= 0.3 is 0 Å². The van der Waals surface area contributed by atoms with Crippen LogP contribution in [0.3, 0.4) is 0 Å². The topological polar surface area (TPSA) is 83.8 Å². The average molecular weight is 382 g/mol. The maximum Gasteiger partial charge on any atom is 0.271 e. The first kappa shape index (κ1) is 18.4. The molecular formula is C20H16ClN3O3. The third-order valence-corrected chi connectivity index (χ3v) is 4.08. The van der Waals surface area contributed by atoms with E-state index < -0.39 is 5.91 Å². The van der Waals surface area contributed by atoms with Gasteiger partial charge in [0.2, 0.25) is 0 Å². The molecule has 2 N–H and O–H groups in total. The van der Waals surface area contributed by atoms with Crippen LogP contribution < -0.4 is 10.2 Å². The fourth-order valence-electron chi connectivity index (χ4n) is 2.35. The molecule has 136 valence electrons. The van der Waals surface area contributed by atoms with Gasteiger partial charge in [-0.05, 0) is 42.0 Å². The Morgan fingerprint density at radius 2 is 1.93 bits per heavy atom. The lowest BCUT2D eigenvalue weighted by molar-refractivity contribution is 0.0955. The van der Waals surface area contributed by atoms with Crippen molar-refractivity contribution in [2.45, 2.75) is 0 Å². The normalized spacial score (nSPS) is 10.7. The first-order valence-corrected chi connectivity index (χ1v) is 8.36. The van der Waals surface area contributed by atoms with Crippen LogP contribution in [0.25, 0.3) is 11.1 Å². The molecular weight excluding hydrogens is 366 g/mol. The van der Waals surface area contributed by atoms with Gasteiger partial charge in [-0.3, -0.25) is 9.78 Å². The van der Waals surface area contributed by atoms with Crippen molar-refractivity contribution < 1.29 is 14.6 Å². The molecule has 27 heavy (non-hydrogen) atoms. The Labute approximate surface area is 161 Å². The van der Waals surface area contributed by atoms with E-state index >= 15 is 0 Å². The van der Waals surface area contributed by atoms with Crippen LogP contribution in [-0.4, -0.2) is 29.3 Å². The fourth-order valence-corrected chi connectivity index (χ4v) is 2.53. The summed E-state index contributed by atoms with van der Waals surface area (Å²) < 4.78 is 5.16. The van der Waals surface area contributed by atoms with Gasteiger partial charge in [0.15, 0.2) is 0 Å². The summed E-state index contributed by atoms with van der Waals surface area (Å²) in [5.74, 6) is 0.257. The minimum absolute atomic E-state index is 0.0851. The molecule has 0 aliphatic heterocycles. The lowest BCUT2D eigenvalue weighted by Gasteiger charge is -2.04. The van der Waals surface area contributed by atoms with Crippen molar-refractivity contribution in [3.05, 3.63) is 77.1 Å². The number of hydrazone groups is 1. The number of hydrogen-bond donors (Lipinski definition) is 2. The maximum absolute atomic E-state index is 12.1. The van der Waals surface area contributed by atoms with E-state index in [4.69, 9.17) is 16.3 Å².